The predicted molar refractivity (Wildman–Crippen MR) is 92.2 cm³/mol. The van der Waals surface area contributed by atoms with E-state index in [0.717, 1.165) is 24.2 Å². The first-order valence-electron chi connectivity index (χ1n) is 7.33. The fourth-order valence-electron chi connectivity index (χ4n) is 2.39. The maximum Gasteiger partial charge on any atom is 0.0483 e. The standard InChI is InChI=1S/C18H23NOS/c1-15(17-8-4-3-5-9-17)11-12-19-18-10-6-7-16(13-18)14-21(2)20/h3-10,13,15,19H,11-12,14H2,1-2H3/t15-,21+/m0/s1. The second-order valence-electron chi connectivity index (χ2n) is 5.45. The zero-order valence-electron chi connectivity index (χ0n) is 12.7. The van der Waals surface area contributed by atoms with Gasteiger partial charge >= 0.3 is 0 Å². The molecule has 3 heteroatoms. The highest BCUT2D eigenvalue weighted by Crippen LogP contribution is 2.19. The van der Waals surface area contributed by atoms with Crippen molar-refractivity contribution in [3.8, 4) is 0 Å². The van der Waals surface area contributed by atoms with Crippen molar-refractivity contribution < 1.29 is 4.21 Å². The van der Waals surface area contributed by atoms with Crippen LogP contribution in [-0.2, 0) is 16.6 Å². The summed E-state index contributed by atoms with van der Waals surface area (Å²) in [4.78, 5) is 0. The van der Waals surface area contributed by atoms with Crippen molar-refractivity contribution in [2.45, 2.75) is 25.0 Å². The Morgan fingerprint density at radius 3 is 2.57 bits per heavy atom. The van der Waals surface area contributed by atoms with Gasteiger partial charge in [-0.1, -0.05) is 49.4 Å². The quantitative estimate of drug-likeness (QED) is 0.831. The lowest BCUT2D eigenvalue weighted by Gasteiger charge is -2.13. The van der Waals surface area contributed by atoms with Crippen LogP contribution in [0.2, 0.25) is 0 Å². The first-order valence-corrected chi connectivity index (χ1v) is 9.05. The van der Waals surface area contributed by atoms with Gasteiger partial charge < -0.3 is 5.32 Å². The molecular weight excluding hydrogens is 278 g/mol. The van der Waals surface area contributed by atoms with Gasteiger partial charge in [0, 0.05) is 35.0 Å². The minimum atomic E-state index is -0.791. The third-order valence-corrected chi connectivity index (χ3v) is 4.31. The number of hydrogen-bond acceptors (Lipinski definition) is 2. The second kappa shape index (κ2) is 7.99. The molecule has 0 fully saturated rings. The molecule has 0 amide bonds. The number of nitrogens with one attached hydrogen (secondary N) is 1. The summed E-state index contributed by atoms with van der Waals surface area (Å²) in [5, 5.41) is 3.46. The summed E-state index contributed by atoms with van der Waals surface area (Å²) in [5.74, 6) is 1.17. The smallest absolute Gasteiger partial charge is 0.0483 e. The molecule has 0 aliphatic carbocycles. The van der Waals surface area contributed by atoms with E-state index in [1.54, 1.807) is 6.26 Å². The largest absolute Gasteiger partial charge is 0.385 e. The van der Waals surface area contributed by atoms with Crippen molar-refractivity contribution in [3.05, 3.63) is 65.7 Å². The summed E-state index contributed by atoms with van der Waals surface area (Å²) in [6.07, 6.45) is 2.83. The van der Waals surface area contributed by atoms with Crippen LogP contribution in [0.1, 0.15) is 30.4 Å². The lowest BCUT2D eigenvalue weighted by atomic mass is 9.98. The molecule has 2 aromatic rings. The van der Waals surface area contributed by atoms with Crippen molar-refractivity contribution >= 4 is 16.5 Å². The van der Waals surface area contributed by atoms with E-state index in [1.807, 2.05) is 12.1 Å². The van der Waals surface area contributed by atoms with Crippen molar-refractivity contribution in [3.63, 3.8) is 0 Å². The van der Waals surface area contributed by atoms with Gasteiger partial charge in [-0.2, -0.15) is 0 Å². The van der Waals surface area contributed by atoms with Crippen LogP contribution in [0.3, 0.4) is 0 Å². The van der Waals surface area contributed by atoms with Gasteiger partial charge in [0.15, 0.2) is 0 Å². The molecule has 0 saturated carbocycles. The number of hydrogen-bond donors (Lipinski definition) is 1. The lowest BCUT2D eigenvalue weighted by molar-refractivity contribution is 0.686. The molecule has 2 aromatic carbocycles. The number of benzene rings is 2. The van der Waals surface area contributed by atoms with Crippen molar-refractivity contribution in [2.75, 3.05) is 18.1 Å². The molecule has 2 nitrogen and oxygen atoms in total. The molecule has 0 radical (unpaired) electrons. The monoisotopic (exact) mass is 301 g/mol. The predicted octanol–water partition coefficient (Wildman–Crippen LogP) is 4.17. The topological polar surface area (TPSA) is 29.1 Å². The van der Waals surface area contributed by atoms with Crippen LogP contribution in [0.25, 0.3) is 0 Å². The molecule has 21 heavy (non-hydrogen) atoms. The molecule has 2 atom stereocenters. The minimum Gasteiger partial charge on any atom is -0.385 e. The Kier molecular flexibility index (Phi) is 6.00. The van der Waals surface area contributed by atoms with Crippen molar-refractivity contribution in [2.24, 2.45) is 0 Å². The maximum atomic E-state index is 11.3. The van der Waals surface area contributed by atoms with Gasteiger partial charge in [0.2, 0.25) is 0 Å². The van der Waals surface area contributed by atoms with E-state index >= 15 is 0 Å². The third kappa shape index (κ3) is 5.35. The first kappa shape index (κ1) is 15.8. The van der Waals surface area contributed by atoms with E-state index in [-0.39, 0.29) is 0 Å². The minimum absolute atomic E-state index is 0.546. The van der Waals surface area contributed by atoms with Crippen LogP contribution in [-0.4, -0.2) is 17.0 Å². The molecule has 0 saturated heterocycles. The van der Waals surface area contributed by atoms with Crippen LogP contribution >= 0.6 is 0 Å². The summed E-state index contributed by atoms with van der Waals surface area (Å²) >= 11 is 0. The van der Waals surface area contributed by atoms with E-state index < -0.39 is 10.8 Å². The van der Waals surface area contributed by atoms with Gasteiger partial charge in [-0.05, 0) is 35.6 Å². The molecule has 0 aliphatic heterocycles. The zero-order valence-corrected chi connectivity index (χ0v) is 13.5. The van der Waals surface area contributed by atoms with Gasteiger partial charge in [-0.3, -0.25) is 4.21 Å². The average molecular weight is 301 g/mol. The third-order valence-electron chi connectivity index (χ3n) is 3.57. The van der Waals surface area contributed by atoms with Crippen molar-refractivity contribution in [1.82, 2.24) is 0 Å². The molecule has 0 aromatic heterocycles. The van der Waals surface area contributed by atoms with Gasteiger partial charge in [0.25, 0.3) is 0 Å². The fourth-order valence-corrected chi connectivity index (χ4v) is 3.04. The Hall–Kier alpha value is -1.61. The van der Waals surface area contributed by atoms with Crippen LogP contribution < -0.4 is 5.32 Å². The number of anilines is 1. The van der Waals surface area contributed by atoms with E-state index in [1.165, 1.54) is 5.56 Å². The van der Waals surface area contributed by atoms with Crippen LogP contribution in [0.5, 0.6) is 0 Å². The highest BCUT2D eigenvalue weighted by molar-refractivity contribution is 7.83. The fraction of sp³-hybridized carbons (Fsp3) is 0.333. The molecule has 2 rings (SSSR count). The Labute approximate surface area is 130 Å². The Morgan fingerprint density at radius 2 is 1.86 bits per heavy atom. The second-order valence-corrected chi connectivity index (χ2v) is 6.88. The van der Waals surface area contributed by atoms with Gasteiger partial charge in [0.1, 0.15) is 0 Å². The average Bonchev–Trinajstić information content (AvgIpc) is 2.48. The highest BCUT2D eigenvalue weighted by atomic mass is 32.2. The Balaban J connectivity index is 1.84. The molecule has 0 unspecified atom stereocenters. The molecule has 0 spiro atoms. The van der Waals surface area contributed by atoms with Gasteiger partial charge in [-0.25, -0.2) is 0 Å². The van der Waals surface area contributed by atoms with Gasteiger partial charge in [0.05, 0.1) is 0 Å². The number of rotatable bonds is 7. The van der Waals surface area contributed by atoms with E-state index in [9.17, 15) is 4.21 Å². The van der Waals surface area contributed by atoms with E-state index in [2.05, 4.69) is 54.7 Å². The zero-order chi connectivity index (χ0) is 15.1. The normalized spacial score (nSPS) is 13.6. The molecule has 112 valence electrons. The Bertz CT molecular complexity index is 583. The highest BCUT2D eigenvalue weighted by Gasteiger charge is 2.04. The molecular formula is C18H23NOS. The molecule has 0 aliphatic rings. The van der Waals surface area contributed by atoms with Crippen LogP contribution in [0.15, 0.2) is 54.6 Å². The van der Waals surface area contributed by atoms with E-state index in [0.29, 0.717) is 11.7 Å². The lowest BCUT2D eigenvalue weighted by Crippen LogP contribution is -2.06. The van der Waals surface area contributed by atoms with Crippen molar-refractivity contribution in [1.29, 1.82) is 0 Å². The molecule has 1 N–H and O–H groups in total. The SMILES string of the molecule is C[C@@H](CCNc1cccc(C[S@@](C)=O)c1)c1ccccc1. The summed E-state index contributed by atoms with van der Waals surface area (Å²) in [6.45, 7) is 3.20. The Morgan fingerprint density at radius 1 is 1.10 bits per heavy atom. The van der Waals surface area contributed by atoms with Gasteiger partial charge in [-0.15, -0.1) is 0 Å². The maximum absolute atomic E-state index is 11.3. The summed E-state index contributed by atoms with van der Waals surface area (Å²) in [7, 11) is -0.791. The first-order chi connectivity index (χ1) is 10.1. The summed E-state index contributed by atoms with van der Waals surface area (Å²) < 4.78 is 11.3. The van der Waals surface area contributed by atoms with E-state index in [4.69, 9.17) is 0 Å². The molecule has 0 heterocycles. The van der Waals surface area contributed by atoms with Crippen LogP contribution in [0, 0.1) is 0 Å². The summed E-state index contributed by atoms with van der Waals surface area (Å²) in [5.41, 5.74) is 3.62. The van der Waals surface area contributed by atoms with Crippen LogP contribution in [0.4, 0.5) is 5.69 Å². The summed E-state index contributed by atoms with van der Waals surface area (Å²) in [6, 6.07) is 18.8. The molecule has 0 bridgehead atoms.